The molecular weight excluding hydrogens is 426 g/mol. The van der Waals surface area contributed by atoms with E-state index in [1.165, 1.54) is 12.1 Å². The molecule has 3 aromatic rings. The second-order valence-electron chi connectivity index (χ2n) is 6.50. The zero-order valence-electron chi connectivity index (χ0n) is 17.1. The van der Waals surface area contributed by atoms with Gasteiger partial charge in [0, 0.05) is 11.3 Å². The molecule has 8 nitrogen and oxygen atoms in total. The van der Waals surface area contributed by atoms with Crippen molar-refractivity contribution in [1.82, 2.24) is 4.98 Å². The summed E-state index contributed by atoms with van der Waals surface area (Å²) < 4.78 is 5.38. The fourth-order valence-electron chi connectivity index (χ4n) is 2.98. The van der Waals surface area contributed by atoms with Crippen molar-refractivity contribution in [2.45, 2.75) is 11.9 Å². The van der Waals surface area contributed by atoms with E-state index in [2.05, 4.69) is 16.4 Å². The van der Waals surface area contributed by atoms with Crippen LogP contribution in [-0.2, 0) is 4.79 Å². The number of rotatable bonds is 7. The van der Waals surface area contributed by atoms with Gasteiger partial charge in [0.25, 0.3) is 0 Å². The van der Waals surface area contributed by atoms with Gasteiger partial charge >= 0.3 is 0 Å². The molecule has 0 bridgehead atoms. The van der Waals surface area contributed by atoms with Crippen molar-refractivity contribution in [2.75, 3.05) is 23.4 Å². The Morgan fingerprint density at radius 1 is 1.19 bits per heavy atom. The number of nitrogens with one attached hydrogen (secondary N) is 1. The number of phenolic OH excluding ortho intramolecular Hbond substituents is 1. The number of anilines is 2. The summed E-state index contributed by atoms with van der Waals surface area (Å²) in [7, 11) is 0. The Balaban J connectivity index is 1.84. The van der Waals surface area contributed by atoms with Crippen LogP contribution in [0.4, 0.5) is 11.5 Å². The fourth-order valence-corrected chi connectivity index (χ4v) is 3.78. The molecule has 0 saturated carbocycles. The predicted octanol–water partition coefficient (Wildman–Crippen LogP) is 3.91. The maximum Gasteiger partial charge on any atom is 0.234 e. The van der Waals surface area contributed by atoms with Crippen molar-refractivity contribution in [3.63, 3.8) is 0 Å². The van der Waals surface area contributed by atoms with Crippen LogP contribution in [0.25, 0.3) is 11.1 Å². The van der Waals surface area contributed by atoms with Crippen LogP contribution in [0.15, 0.2) is 53.6 Å². The lowest BCUT2D eigenvalue weighted by Gasteiger charge is -2.13. The first-order valence-corrected chi connectivity index (χ1v) is 10.5. The van der Waals surface area contributed by atoms with Crippen LogP contribution in [-0.4, -0.2) is 28.4 Å². The first kappa shape index (κ1) is 22.5. The molecule has 9 heteroatoms. The molecule has 4 N–H and O–H groups in total. The summed E-state index contributed by atoms with van der Waals surface area (Å²) in [5.41, 5.74) is 7.44. The van der Waals surface area contributed by atoms with Gasteiger partial charge in [-0.1, -0.05) is 23.9 Å². The van der Waals surface area contributed by atoms with E-state index in [4.69, 9.17) is 10.5 Å². The van der Waals surface area contributed by atoms with Gasteiger partial charge in [0.05, 0.1) is 17.9 Å². The lowest BCUT2D eigenvalue weighted by Crippen LogP contribution is -2.14. The third kappa shape index (κ3) is 5.09. The predicted molar refractivity (Wildman–Crippen MR) is 122 cm³/mol. The summed E-state index contributed by atoms with van der Waals surface area (Å²) in [5, 5.41) is 32.2. The van der Waals surface area contributed by atoms with Crippen molar-refractivity contribution in [2.24, 2.45) is 0 Å². The van der Waals surface area contributed by atoms with Crippen molar-refractivity contribution >= 4 is 29.2 Å². The van der Waals surface area contributed by atoms with E-state index in [0.717, 1.165) is 11.8 Å². The highest BCUT2D eigenvalue weighted by Crippen LogP contribution is 2.36. The number of amides is 1. The number of nitrogens with zero attached hydrogens (tertiary/aromatic N) is 3. The van der Waals surface area contributed by atoms with Gasteiger partial charge in [-0.2, -0.15) is 10.5 Å². The molecule has 0 aliphatic rings. The number of aromatic hydroxyl groups is 1. The summed E-state index contributed by atoms with van der Waals surface area (Å²) in [6.07, 6.45) is 0. The lowest BCUT2D eigenvalue weighted by molar-refractivity contribution is -0.113. The Hall–Kier alpha value is -4.21. The first-order valence-electron chi connectivity index (χ1n) is 9.55. The van der Waals surface area contributed by atoms with E-state index < -0.39 is 0 Å². The summed E-state index contributed by atoms with van der Waals surface area (Å²) in [6, 6.07) is 17.2. The number of nitrogen functional groups attached to an aromatic ring is 1. The molecule has 0 aliphatic heterocycles. The Labute approximate surface area is 189 Å². The Morgan fingerprint density at radius 2 is 1.91 bits per heavy atom. The van der Waals surface area contributed by atoms with E-state index in [9.17, 15) is 20.4 Å². The number of ether oxygens (including phenoxy) is 1. The van der Waals surface area contributed by atoms with Gasteiger partial charge in [-0.15, -0.1) is 0 Å². The molecule has 0 saturated heterocycles. The SMILES string of the molecule is CCOc1ccc(NC(=O)CSc2nc(N)c(C#N)c(-c3cccc(O)c3)c2C#N)cc1. The first-order chi connectivity index (χ1) is 15.5. The quantitative estimate of drug-likeness (QED) is 0.464. The van der Waals surface area contributed by atoms with Gasteiger partial charge in [-0.25, -0.2) is 4.98 Å². The monoisotopic (exact) mass is 445 g/mol. The molecular formula is C23H19N5O3S. The maximum atomic E-state index is 12.4. The number of hydrogen-bond acceptors (Lipinski definition) is 8. The summed E-state index contributed by atoms with van der Waals surface area (Å²) in [5.74, 6) is 0.301. The molecule has 1 heterocycles. The third-order valence-corrected chi connectivity index (χ3v) is 5.31. The smallest absolute Gasteiger partial charge is 0.234 e. The molecule has 0 radical (unpaired) electrons. The molecule has 1 amide bonds. The van der Waals surface area contributed by atoms with Crippen LogP contribution >= 0.6 is 11.8 Å². The topological polar surface area (TPSA) is 145 Å². The summed E-state index contributed by atoms with van der Waals surface area (Å²) in [6.45, 7) is 2.44. The number of benzene rings is 2. The zero-order chi connectivity index (χ0) is 23.1. The number of nitrogens with two attached hydrogens (primary N) is 1. The Bertz CT molecular complexity index is 1230. The van der Waals surface area contributed by atoms with Crippen LogP contribution in [0, 0.1) is 22.7 Å². The van der Waals surface area contributed by atoms with Crippen LogP contribution in [0.1, 0.15) is 18.1 Å². The number of phenols is 1. The van der Waals surface area contributed by atoms with Crippen molar-refractivity contribution in [3.05, 3.63) is 59.7 Å². The summed E-state index contributed by atoms with van der Waals surface area (Å²) >= 11 is 1.03. The fraction of sp³-hybridized carbons (Fsp3) is 0.130. The average Bonchev–Trinajstić information content (AvgIpc) is 2.78. The molecule has 3 rings (SSSR count). The molecule has 0 unspecified atom stereocenters. The number of nitriles is 2. The van der Waals surface area contributed by atoms with Crippen LogP contribution < -0.4 is 15.8 Å². The van der Waals surface area contributed by atoms with Crippen molar-refractivity contribution in [1.29, 1.82) is 10.5 Å². The van der Waals surface area contributed by atoms with E-state index in [0.29, 0.717) is 23.6 Å². The van der Waals surface area contributed by atoms with Crippen LogP contribution in [0.2, 0.25) is 0 Å². The van der Waals surface area contributed by atoms with E-state index in [1.54, 1.807) is 36.4 Å². The standard InChI is InChI=1S/C23H19N5O3S/c1-2-31-17-8-6-15(7-9-17)27-20(30)13-32-23-19(12-25)21(18(11-24)22(26)28-23)14-4-3-5-16(29)10-14/h3-10,29H,2,13H2,1H3,(H2,26,28)(H,27,30). The zero-order valence-corrected chi connectivity index (χ0v) is 17.9. The summed E-state index contributed by atoms with van der Waals surface area (Å²) in [4.78, 5) is 16.6. The minimum absolute atomic E-state index is 0.0189. The number of carbonyl (C=O) groups excluding carboxylic acids is 1. The molecule has 32 heavy (non-hydrogen) atoms. The largest absolute Gasteiger partial charge is 0.508 e. The number of thioether (sulfide) groups is 1. The number of hydrogen-bond donors (Lipinski definition) is 3. The average molecular weight is 446 g/mol. The minimum Gasteiger partial charge on any atom is -0.508 e. The van der Waals surface area contributed by atoms with E-state index >= 15 is 0 Å². The third-order valence-electron chi connectivity index (χ3n) is 4.34. The minimum atomic E-state index is -0.299. The van der Waals surface area contributed by atoms with Gasteiger partial charge in [0.15, 0.2) is 0 Å². The molecule has 1 aromatic heterocycles. The van der Waals surface area contributed by atoms with E-state index in [1.807, 2.05) is 13.0 Å². The molecule has 0 atom stereocenters. The van der Waals surface area contributed by atoms with E-state index in [-0.39, 0.29) is 44.9 Å². The highest BCUT2D eigenvalue weighted by molar-refractivity contribution is 8.00. The van der Waals surface area contributed by atoms with Gasteiger partial charge < -0.3 is 20.9 Å². The normalized spacial score (nSPS) is 10.1. The molecule has 0 spiro atoms. The second-order valence-corrected chi connectivity index (χ2v) is 7.46. The van der Waals surface area contributed by atoms with Gasteiger partial charge in [-0.05, 0) is 48.9 Å². The lowest BCUT2D eigenvalue weighted by atomic mass is 9.97. The van der Waals surface area contributed by atoms with Gasteiger partial charge in [0.2, 0.25) is 5.91 Å². The Kier molecular flexibility index (Phi) is 7.17. The van der Waals surface area contributed by atoms with Crippen molar-refractivity contribution in [3.8, 4) is 34.8 Å². The maximum absolute atomic E-state index is 12.4. The van der Waals surface area contributed by atoms with Gasteiger partial charge in [0.1, 0.15) is 40.0 Å². The number of carbonyl (C=O) groups is 1. The highest BCUT2D eigenvalue weighted by atomic mass is 32.2. The molecule has 160 valence electrons. The number of aromatic nitrogens is 1. The van der Waals surface area contributed by atoms with Crippen molar-refractivity contribution < 1.29 is 14.6 Å². The Morgan fingerprint density at radius 3 is 2.53 bits per heavy atom. The molecule has 2 aromatic carbocycles. The number of pyridine rings is 1. The molecule has 0 fully saturated rings. The van der Waals surface area contributed by atoms with Gasteiger partial charge in [-0.3, -0.25) is 4.79 Å². The van der Waals surface area contributed by atoms with Crippen LogP contribution in [0.3, 0.4) is 0 Å². The highest BCUT2D eigenvalue weighted by Gasteiger charge is 2.21. The van der Waals surface area contributed by atoms with Crippen LogP contribution in [0.5, 0.6) is 11.5 Å². The molecule has 0 aliphatic carbocycles. The second kappa shape index (κ2) is 10.2.